The van der Waals surface area contributed by atoms with E-state index < -0.39 is 12.0 Å². The van der Waals surface area contributed by atoms with Crippen LogP contribution >= 0.6 is 0 Å². The summed E-state index contributed by atoms with van der Waals surface area (Å²) in [6, 6.07) is 9.11. The molecule has 2 aliphatic heterocycles. The van der Waals surface area contributed by atoms with E-state index in [-0.39, 0.29) is 47.5 Å². The number of phenols is 1. The number of carbonyl (C=O) groups is 2. The molecule has 0 spiro atoms. The lowest BCUT2D eigenvalue weighted by Crippen LogP contribution is -2.34. The topological polar surface area (TPSA) is 109 Å². The van der Waals surface area contributed by atoms with Gasteiger partial charge in [0.15, 0.2) is 5.75 Å². The zero-order valence-electron chi connectivity index (χ0n) is 17.1. The molecule has 0 bridgehead atoms. The van der Waals surface area contributed by atoms with Crippen molar-refractivity contribution in [2.75, 3.05) is 13.1 Å². The van der Waals surface area contributed by atoms with Crippen molar-refractivity contribution in [3.63, 3.8) is 0 Å². The average molecular weight is 436 g/mol. The molecule has 1 fully saturated rings. The fourth-order valence-electron chi connectivity index (χ4n) is 4.28. The molecular formula is C23H21FN4O4. The highest BCUT2D eigenvalue weighted by Crippen LogP contribution is 2.44. The first-order valence-corrected chi connectivity index (χ1v) is 10.3. The van der Waals surface area contributed by atoms with Gasteiger partial charge in [0.25, 0.3) is 5.91 Å². The van der Waals surface area contributed by atoms with Gasteiger partial charge in [-0.15, -0.1) is 0 Å². The largest absolute Gasteiger partial charge is 0.505 e. The Hall–Kier alpha value is -3.72. The number of hydrogen-bond acceptors (Lipinski definition) is 6. The van der Waals surface area contributed by atoms with Crippen LogP contribution in [0.25, 0.3) is 10.9 Å². The molecule has 0 radical (unpaired) electrons. The van der Waals surface area contributed by atoms with E-state index in [1.165, 1.54) is 28.1 Å². The molecule has 5 rings (SSSR count). The van der Waals surface area contributed by atoms with E-state index in [4.69, 9.17) is 10.5 Å². The average Bonchev–Trinajstić information content (AvgIpc) is 3.36. The Labute approximate surface area is 183 Å². The van der Waals surface area contributed by atoms with E-state index in [0.29, 0.717) is 30.5 Å². The van der Waals surface area contributed by atoms with E-state index in [1.54, 1.807) is 24.3 Å². The summed E-state index contributed by atoms with van der Waals surface area (Å²) in [5, 5.41) is 11.3. The van der Waals surface area contributed by atoms with Crippen LogP contribution in [0, 0.1) is 5.82 Å². The van der Waals surface area contributed by atoms with E-state index in [1.807, 2.05) is 0 Å². The molecule has 0 saturated carbocycles. The number of fused-ring (bicyclic) bond motifs is 2. The molecule has 8 nitrogen and oxygen atoms in total. The van der Waals surface area contributed by atoms with Gasteiger partial charge in [0.05, 0.1) is 12.1 Å². The van der Waals surface area contributed by atoms with Gasteiger partial charge in [0.2, 0.25) is 0 Å². The Morgan fingerprint density at radius 1 is 1.28 bits per heavy atom. The maximum absolute atomic E-state index is 13.3. The number of rotatable bonds is 3. The van der Waals surface area contributed by atoms with E-state index in [9.17, 15) is 19.1 Å². The molecule has 2 amide bonds. The zero-order chi connectivity index (χ0) is 22.4. The number of hydrogen-bond donors (Lipinski definition) is 2. The number of pyridine rings is 1. The minimum atomic E-state index is -0.555. The van der Waals surface area contributed by atoms with Gasteiger partial charge in [-0.2, -0.15) is 0 Å². The zero-order valence-corrected chi connectivity index (χ0v) is 17.1. The number of halogens is 1. The molecular weight excluding hydrogens is 415 g/mol. The fraction of sp³-hybridized carbons (Fsp3) is 0.261. The van der Waals surface area contributed by atoms with Crippen LogP contribution in [0.1, 0.15) is 27.9 Å². The third kappa shape index (κ3) is 3.40. The van der Waals surface area contributed by atoms with Crippen molar-refractivity contribution >= 4 is 22.9 Å². The Morgan fingerprint density at radius 2 is 2.06 bits per heavy atom. The number of aromatic nitrogens is 1. The number of benzene rings is 2. The quantitative estimate of drug-likeness (QED) is 0.654. The smallest absolute Gasteiger partial charge is 0.415 e. The molecule has 32 heavy (non-hydrogen) atoms. The molecule has 1 aromatic heterocycles. The second-order valence-electron chi connectivity index (χ2n) is 8.08. The summed E-state index contributed by atoms with van der Waals surface area (Å²) >= 11 is 0. The van der Waals surface area contributed by atoms with Crippen LogP contribution in [0.5, 0.6) is 11.5 Å². The molecule has 9 heteroatoms. The Morgan fingerprint density at radius 3 is 2.78 bits per heavy atom. The molecule has 1 saturated heterocycles. The lowest BCUT2D eigenvalue weighted by molar-refractivity contribution is 0.0764. The maximum atomic E-state index is 13.3. The van der Waals surface area contributed by atoms with Crippen molar-refractivity contribution in [2.45, 2.75) is 25.6 Å². The number of carbonyl (C=O) groups excluding carboxylic acids is 2. The molecule has 3 N–H and O–H groups in total. The summed E-state index contributed by atoms with van der Waals surface area (Å²) in [5.74, 6) is -0.808. The summed E-state index contributed by atoms with van der Waals surface area (Å²) in [6.07, 6.45) is 1.63. The predicted molar refractivity (Wildman–Crippen MR) is 114 cm³/mol. The monoisotopic (exact) mass is 436 g/mol. The summed E-state index contributed by atoms with van der Waals surface area (Å²) in [6.45, 7) is 1.23. The van der Waals surface area contributed by atoms with E-state index in [2.05, 4.69) is 4.98 Å². The first kappa shape index (κ1) is 20.2. The van der Waals surface area contributed by atoms with Crippen LogP contribution in [0.3, 0.4) is 0 Å². The van der Waals surface area contributed by atoms with Crippen LogP contribution in [-0.4, -0.2) is 51.0 Å². The summed E-state index contributed by atoms with van der Waals surface area (Å²) < 4.78 is 19.0. The highest BCUT2D eigenvalue weighted by Gasteiger charge is 2.37. The number of aromatic hydroxyl groups is 1. The van der Waals surface area contributed by atoms with E-state index >= 15 is 0 Å². The Kier molecular flexibility index (Phi) is 4.90. The SMILES string of the molecule is NC1CCN(C(=O)Oc2c3c(c(O)c4ncccc24)C(=O)N(Cc2ccc(F)cc2)C3)C1. The lowest BCUT2D eigenvalue weighted by atomic mass is 10.0. The van der Waals surface area contributed by atoms with Gasteiger partial charge >= 0.3 is 6.09 Å². The minimum Gasteiger partial charge on any atom is -0.505 e. The summed E-state index contributed by atoms with van der Waals surface area (Å²) in [5.41, 5.74) is 7.32. The third-order valence-electron chi connectivity index (χ3n) is 5.90. The standard InChI is InChI=1S/C23H21FN4O4/c24-14-5-3-13(4-6-14)10-28-12-17-18(22(28)30)20(29)19-16(2-1-8-26-19)21(17)32-23(31)27-9-7-15(25)11-27/h1-6,8,15,29H,7,9-12,25H2. The van der Waals surface area contributed by atoms with Gasteiger partial charge in [-0.25, -0.2) is 9.18 Å². The van der Waals surface area contributed by atoms with Gasteiger partial charge in [-0.1, -0.05) is 12.1 Å². The normalized spacial score (nSPS) is 17.8. The molecule has 1 unspecified atom stereocenters. The first-order valence-electron chi connectivity index (χ1n) is 10.3. The van der Waals surface area contributed by atoms with Gasteiger partial charge in [-0.05, 0) is 36.2 Å². The van der Waals surface area contributed by atoms with Crippen LogP contribution < -0.4 is 10.5 Å². The van der Waals surface area contributed by atoms with Gasteiger partial charge in [-0.3, -0.25) is 9.78 Å². The first-order chi connectivity index (χ1) is 15.4. The molecule has 3 heterocycles. The molecule has 164 valence electrons. The van der Waals surface area contributed by atoms with Gasteiger partial charge in [0, 0.05) is 42.8 Å². The van der Waals surface area contributed by atoms with Crippen molar-refractivity contribution < 1.29 is 23.8 Å². The summed E-state index contributed by atoms with van der Waals surface area (Å²) in [4.78, 5) is 33.2. The van der Waals surface area contributed by atoms with Crippen molar-refractivity contribution in [2.24, 2.45) is 5.73 Å². The molecule has 1 atom stereocenters. The number of amides is 2. The summed E-state index contributed by atoms with van der Waals surface area (Å²) in [7, 11) is 0. The highest BCUT2D eigenvalue weighted by atomic mass is 19.1. The Balaban J connectivity index is 1.54. The molecule has 0 aliphatic carbocycles. The number of likely N-dealkylation sites (tertiary alicyclic amines) is 1. The minimum absolute atomic E-state index is 0.0687. The number of phenolic OH excluding ortho intramolecular Hbond substituents is 1. The van der Waals surface area contributed by atoms with Crippen molar-refractivity contribution in [3.05, 3.63) is 65.1 Å². The maximum Gasteiger partial charge on any atom is 0.415 e. The second kappa shape index (κ2) is 7.76. The van der Waals surface area contributed by atoms with Crippen molar-refractivity contribution in [1.82, 2.24) is 14.8 Å². The van der Waals surface area contributed by atoms with Crippen LogP contribution in [0.2, 0.25) is 0 Å². The van der Waals surface area contributed by atoms with Crippen molar-refractivity contribution in [3.8, 4) is 11.5 Å². The predicted octanol–water partition coefficient (Wildman–Crippen LogP) is 2.77. The van der Waals surface area contributed by atoms with Gasteiger partial charge in [0.1, 0.15) is 17.1 Å². The molecule has 2 aromatic carbocycles. The second-order valence-corrected chi connectivity index (χ2v) is 8.08. The van der Waals surface area contributed by atoms with Crippen LogP contribution in [0.15, 0.2) is 42.6 Å². The van der Waals surface area contributed by atoms with Crippen molar-refractivity contribution in [1.29, 1.82) is 0 Å². The van der Waals surface area contributed by atoms with Crippen LogP contribution in [0.4, 0.5) is 9.18 Å². The molecule has 3 aromatic rings. The highest BCUT2D eigenvalue weighted by molar-refractivity contribution is 6.09. The number of nitrogens with zero attached hydrogens (tertiary/aromatic N) is 3. The Bertz CT molecular complexity index is 1230. The third-order valence-corrected chi connectivity index (χ3v) is 5.90. The fourth-order valence-corrected chi connectivity index (χ4v) is 4.28. The number of nitrogens with two attached hydrogens (primary N) is 1. The number of ether oxygens (including phenoxy) is 1. The molecule has 2 aliphatic rings. The van der Waals surface area contributed by atoms with Crippen LogP contribution in [-0.2, 0) is 13.1 Å². The van der Waals surface area contributed by atoms with Gasteiger partial charge < -0.3 is 25.4 Å². The lowest BCUT2D eigenvalue weighted by Gasteiger charge is -2.18. The van der Waals surface area contributed by atoms with E-state index in [0.717, 1.165) is 5.56 Å².